The predicted octanol–water partition coefficient (Wildman–Crippen LogP) is 2.63. The standard InChI is InChI=1S/C17H24N4OS/c1-17(2,3)16-21-14(12-23-16)11-19-8-6-15(22)20-10-13-5-4-7-18-9-13/h4-5,7,9,12,19H,6,8,10-11H2,1-3H3,(H,20,22). The van der Waals surface area contributed by atoms with Gasteiger partial charge in [0.2, 0.25) is 5.91 Å². The summed E-state index contributed by atoms with van der Waals surface area (Å²) in [7, 11) is 0. The van der Waals surface area contributed by atoms with Gasteiger partial charge in [0.1, 0.15) is 0 Å². The zero-order valence-corrected chi connectivity index (χ0v) is 14.7. The van der Waals surface area contributed by atoms with Gasteiger partial charge in [-0.15, -0.1) is 11.3 Å². The molecule has 0 aliphatic heterocycles. The Bertz CT molecular complexity index is 619. The Labute approximate surface area is 141 Å². The molecule has 0 saturated carbocycles. The zero-order chi connectivity index (χ0) is 16.7. The molecule has 1 amide bonds. The van der Waals surface area contributed by atoms with E-state index in [0.29, 0.717) is 26.1 Å². The molecule has 5 nitrogen and oxygen atoms in total. The molecule has 2 heterocycles. The number of hydrogen-bond donors (Lipinski definition) is 2. The van der Waals surface area contributed by atoms with Crippen LogP contribution in [-0.4, -0.2) is 22.4 Å². The summed E-state index contributed by atoms with van der Waals surface area (Å²) in [6.07, 6.45) is 3.93. The SMILES string of the molecule is CC(C)(C)c1nc(CNCCC(=O)NCc2cccnc2)cs1. The number of carbonyl (C=O) groups excluding carboxylic acids is 1. The van der Waals surface area contributed by atoms with Crippen molar-refractivity contribution in [3.63, 3.8) is 0 Å². The van der Waals surface area contributed by atoms with Crippen molar-refractivity contribution in [3.8, 4) is 0 Å². The molecule has 0 unspecified atom stereocenters. The zero-order valence-electron chi connectivity index (χ0n) is 13.9. The lowest BCUT2D eigenvalue weighted by molar-refractivity contribution is -0.121. The van der Waals surface area contributed by atoms with Crippen LogP contribution in [0.2, 0.25) is 0 Å². The van der Waals surface area contributed by atoms with Crippen molar-refractivity contribution < 1.29 is 4.79 Å². The minimum atomic E-state index is 0.0370. The number of hydrogen-bond acceptors (Lipinski definition) is 5. The molecule has 124 valence electrons. The number of rotatable bonds is 7. The van der Waals surface area contributed by atoms with E-state index in [2.05, 4.69) is 46.8 Å². The highest BCUT2D eigenvalue weighted by Crippen LogP contribution is 2.25. The average molecular weight is 332 g/mol. The van der Waals surface area contributed by atoms with E-state index in [0.717, 1.165) is 16.3 Å². The Balaban J connectivity index is 1.63. The van der Waals surface area contributed by atoms with Gasteiger partial charge in [-0.05, 0) is 11.6 Å². The van der Waals surface area contributed by atoms with Crippen molar-refractivity contribution in [2.24, 2.45) is 0 Å². The van der Waals surface area contributed by atoms with Crippen LogP contribution in [0.3, 0.4) is 0 Å². The Morgan fingerprint density at radius 1 is 1.30 bits per heavy atom. The van der Waals surface area contributed by atoms with Gasteiger partial charge < -0.3 is 10.6 Å². The molecule has 2 N–H and O–H groups in total. The topological polar surface area (TPSA) is 66.9 Å². The van der Waals surface area contributed by atoms with E-state index in [1.807, 2.05) is 12.1 Å². The quantitative estimate of drug-likeness (QED) is 0.765. The van der Waals surface area contributed by atoms with E-state index in [9.17, 15) is 4.79 Å². The molecule has 0 fully saturated rings. The van der Waals surface area contributed by atoms with Crippen LogP contribution in [0.4, 0.5) is 0 Å². The van der Waals surface area contributed by atoms with E-state index >= 15 is 0 Å². The van der Waals surface area contributed by atoms with Crippen LogP contribution in [0, 0.1) is 0 Å². The second-order valence-electron chi connectivity index (χ2n) is 6.46. The molecule has 2 aromatic heterocycles. The van der Waals surface area contributed by atoms with Crippen LogP contribution in [0.1, 0.15) is 43.5 Å². The maximum Gasteiger partial charge on any atom is 0.221 e. The smallest absolute Gasteiger partial charge is 0.221 e. The number of carbonyl (C=O) groups is 1. The first kappa shape index (κ1) is 17.6. The van der Waals surface area contributed by atoms with E-state index in [-0.39, 0.29) is 11.3 Å². The molecule has 2 rings (SSSR count). The van der Waals surface area contributed by atoms with Gasteiger partial charge in [0.25, 0.3) is 0 Å². The van der Waals surface area contributed by atoms with Gasteiger partial charge in [-0.2, -0.15) is 0 Å². The molecule has 0 aromatic carbocycles. The third-order valence-electron chi connectivity index (χ3n) is 3.24. The molecule has 23 heavy (non-hydrogen) atoms. The number of pyridine rings is 1. The first-order valence-corrected chi connectivity index (χ1v) is 8.64. The Morgan fingerprint density at radius 2 is 2.13 bits per heavy atom. The minimum Gasteiger partial charge on any atom is -0.352 e. The fourth-order valence-corrected chi connectivity index (χ4v) is 2.85. The van der Waals surface area contributed by atoms with E-state index in [4.69, 9.17) is 0 Å². The van der Waals surface area contributed by atoms with E-state index in [1.165, 1.54) is 0 Å². The third-order valence-corrected chi connectivity index (χ3v) is 4.56. The number of thiazole rings is 1. The molecular weight excluding hydrogens is 308 g/mol. The van der Waals surface area contributed by atoms with E-state index in [1.54, 1.807) is 23.7 Å². The first-order chi connectivity index (χ1) is 10.9. The van der Waals surface area contributed by atoms with Crippen LogP contribution in [0.15, 0.2) is 29.9 Å². The highest BCUT2D eigenvalue weighted by Gasteiger charge is 2.17. The van der Waals surface area contributed by atoms with Gasteiger partial charge in [0, 0.05) is 49.2 Å². The van der Waals surface area contributed by atoms with Gasteiger partial charge in [-0.3, -0.25) is 9.78 Å². The van der Waals surface area contributed by atoms with Crippen LogP contribution in [0.25, 0.3) is 0 Å². The monoisotopic (exact) mass is 332 g/mol. The molecular formula is C17H24N4OS. The number of nitrogens with one attached hydrogen (secondary N) is 2. The van der Waals surface area contributed by atoms with Crippen molar-refractivity contribution >= 4 is 17.2 Å². The van der Waals surface area contributed by atoms with Crippen molar-refractivity contribution in [1.82, 2.24) is 20.6 Å². The number of amides is 1. The number of nitrogens with zero attached hydrogens (tertiary/aromatic N) is 2. The van der Waals surface area contributed by atoms with Crippen molar-refractivity contribution in [3.05, 3.63) is 46.2 Å². The molecule has 0 spiro atoms. The van der Waals surface area contributed by atoms with E-state index < -0.39 is 0 Å². The van der Waals surface area contributed by atoms with Crippen molar-refractivity contribution in [2.75, 3.05) is 6.54 Å². The minimum absolute atomic E-state index is 0.0370. The molecule has 0 aliphatic carbocycles. The first-order valence-electron chi connectivity index (χ1n) is 7.76. The predicted molar refractivity (Wildman–Crippen MR) is 93.2 cm³/mol. The summed E-state index contributed by atoms with van der Waals surface area (Å²) in [5, 5.41) is 9.38. The lowest BCUT2D eigenvalue weighted by atomic mass is 9.98. The van der Waals surface area contributed by atoms with Gasteiger partial charge in [0.15, 0.2) is 0 Å². The summed E-state index contributed by atoms with van der Waals surface area (Å²) in [6, 6.07) is 3.81. The van der Waals surface area contributed by atoms with Gasteiger partial charge in [-0.1, -0.05) is 26.8 Å². The fourth-order valence-electron chi connectivity index (χ4n) is 1.94. The summed E-state index contributed by atoms with van der Waals surface area (Å²) >= 11 is 1.69. The van der Waals surface area contributed by atoms with Gasteiger partial charge in [0.05, 0.1) is 10.7 Å². The van der Waals surface area contributed by atoms with Crippen LogP contribution >= 0.6 is 11.3 Å². The average Bonchev–Trinajstić information content (AvgIpc) is 3.00. The fraction of sp³-hybridized carbons (Fsp3) is 0.471. The highest BCUT2D eigenvalue weighted by atomic mass is 32.1. The summed E-state index contributed by atoms with van der Waals surface area (Å²) in [4.78, 5) is 20.4. The van der Waals surface area contributed by atoms with Gasteiger partial charge >= 0.3 is 0 Å². The lowest BCUT2D eigenvalue weighted by Gasteiger charge is -2.13. The summed E-state index contributed by atoms with van der Waals surface area (Å²) < 4.78 is 0. The maximum atomic E-state index is 11.8. The maximum absolute atomic E-state index is 11.8. The normalized spacial score (nSPS) is 11.4. The Hall–Kier alpha value is -1.79. The van der Waals surface area contributed by atoms with Crippen LogP contribution < -0.4 is 10.6 Å². The largest absolute Gasteiger partial charge is 0.352 e. The molecule has 0 atom stereocenters. The summed E-state index contributed by atoms with van der Waals surface area (Å²) in [5.41, 5.74) is 2.14. The Kier molecular flexibility index (Phi) is 6.24. The number of aromatic nitrogens is 2. The molecule has 0 aliphatic rings. The van der Waals surface area contributed by atoms with Crippen molar-refractivity contribution in [2.45, 2.75) is 45.7 Å². The second-order valence-corrected chi connectivity index (χ2v) is 7.32. The molecule has 0 saturated heterocycles. The highest BCUT2D eigenvalue weighted by molar-refractivity contribution is 7.09. The molecule has 2 aromatic rings. The lowest BCUT2D eigenvalue weighted by Crippen LogP contribution is -2.27. The van der Waals surface area contributed by atoms with Crippen LogP contribution in [-0.2, 0) is 23.3 Å². The third kappa shape index (κ3) is 6.08. The van der Waals surface area contributed by atoms with Crippen LogP contribution in [0.5, 0.6) is 0 Å². The van der Waals surface area contributed by atoms with Gasteiger partial charge in [-0.25, -0.2) is 4.98 Å². The molecule has 0 bridgehead atoms. The second kappa shape index (κ2) is 8.17. The summed E-state index contributed by atoms with van der Waals surface area (Å²) in [6.45, 7) is 8.35. The molecule has 0 radical (unpaired) electrons. The summed E-state index contributed by atoms with van der Waals surface area (Å²) in [5.74, 6) is 0.0370. The Morgan fingerprint density at radius 3 is 2.78 bits per heavy atom. The van der Waals surface area contributed by atoms with Crippen molar-refractivity contribution in [1.29, 1.82) is 0 Å². The molecule has 6 heteroatoms.